The van der Waals surface area contributed by atoms with Gasteiger partial charge in [0.1, 0.15) is 23.0 Å². The van der Waals surface area contributed by atoms with E-state index in [4.69, 9.17) is 10.2 Å². The fourth-order valence-electron chi connectivity index (χ4n) is 1.54. The average Bonchev–Trinajstić information content (AvgIpc) is 2.34. The van der Waals surface area contributed by atoms with Crippen molar-refractivity contribution >= 4 is 0 Å². The molecular formula is C15H18O4. The van der Waals surface area contributed by atoms with Crippen LogP contribution in [0, 0.1) is 20.8 Å². The molecule has 4 N–H and O–H groups in total. The van der Waals surface area contributed by atoms with E-state index < -0.39 is 0 Å². The zero-order valence-corrected chi connectivity index (χ0v) is 11.2. The molecule has 4 heteroatoms. The van der Waals surface area contributed by atoms with Gasteiger partial charge < -0.3 is 20.4 Å². The first-order valence-electron chi connectivity index (χ1n) is 5.79. The van der Waals surface area contributed by atoms with Crippen LogP contribution in [-0.4, -0.2) is 20.4 Å². The first kappa shape index (κ1) is 14.7. The molecule has 2 aromatic rings. The number of phenols is 4. The second-order valence-electron chi connectivity index (χ2n) is 4.33. The van der Waals surface area contributed by atoms with Crippen LogP contribution in [0.5, 0.6) is 23.0 Å². The van der Waals surface area contributed by atoms with E-state index in [0.29, 0.717) is 5.56 Å². The molecular weight excluding hydrogens is 244 g/mol. The maximum atomic E-state index is 9.40. The highest BCUT2D eigenvalue weighted by Crippen LogP contribution is 2.30. The molecule has 0 unspecified atom stereocenters. The summed E-state index contributed by atoms with van der Waals surface area (Å²) in [6, 6.07) is 7.42. The molecule has 0 radical (unpaired) electrons. The minimum absolute atomic E-state index is 0.0880. The van der Waals surface area contributed by atoms with Gasteiger partial charge in [-0.2, -0.15) is 0 Å². The molecule has 0 atom stereocenters. The Labute approximate surface area is 112 Å². The lowest BCUT2D eigenvalue weighted by atomic mass is 10.0. The summed E-state index contributed by atoms with van der Waals surface area (Å²) in [4.78, 5) is 0. The Bertz CT molecular complexity index is 533. The molecule has 0 aliphatic rings. The second kappa shape index (κ2) is 6.00. The van der Waals surface area contributed by atoms with Gasteiger partial charge in [0.15, 0.2) is 0 Å². The number of aromatic hydroxyl groups is 4. The summed E-state index contributed by atoms with van der Waals surface area (Å²) in [6.07, 6.45) is 0. The van der Waals surface area contributed by atoms with Crippen molar-refractivity contribution in [3.05, 3.63) is 47.0 Å². The largest absolute Gasteiger partial charge is 0.508 e. The van der Waals surface area contributed by atoms with Crippen molar-refractivity contribution in [3.8, 4) is 23.0 Å². The van der Waals surface area contributed by atoms with Gasteiger partial charge in [0, 0.05) is 6.07 Å². The minimum Gasteiger partial charge on any atom is -0.508 e. The van der Waals surface area contributed by atoms with Crippen LogP contribution >= 0.6 is 0 Å². The molecule has 0 aromatic heterocycles. The van der Waals surface area contributed by atoms with Crippen molar-refractivity contribution in [1.82, 2.24) is 0 Å². The van der Waals surface area contributed by atoms with E-state index in [1.54, 1.807) is 32.9 Å². The maximum Gasteiger partial charge on any atom is 0.121 e. The molecule has 2 aromatic carbocycles. The third kappa shape index (κ3) is 3.81. The van der Waals surface area contributed by atoms with Crippen LogP contribution in [0.3, 0.4) is 0 Å². The van der Waals surface area contributed by atoms with E-state index in [0.717, 1.165) is 11.1 Å². The summed E-state index contributed by atoms with van der Waals surface area (Å²) in [6.45, 7) is 5.34. The summed E-state index contributed by atoms with van der Waals surface area (Å²) >= 11 is 0. The third-order valence-electron chi connectivity index (χ3n) is 2.86. The van der Waals surface area contributed by atoms with Gasteiger partial charge in [0.2, 0.25) is 0 Å². The van der Waals surface area contributed by atoms with Gasteiger partial charge in [-0.15, -0.1) is 0 Å². The van der Waals surface area contributed by atoms with Gasteiger partial charge in [-0.1, -0.05) is 6.07 Å². The molecule has 0 bridgehead atoms. The number of rotatable bonds is 0. The van der Waals surface area contributed by atoms with Gasteiger partial charge in [-0.25, -0.2) is 0 Å². The standard InChI is InChI=1S/C9H12O2.C6H6O2/c1-5-4-8(10)6(2)7(3)9(5)11;7-5-2-1-3-6(8)4-5/h4,10-11H,1-3H3;1-4,7-8H. The average molecular weight is 262 g/mol. The van der Waals surface area contributed by atoms with E-state index in [1.165, 1.54) is 18.2 Å². The zero-order chi connectivity index (χ0) is 14.6. The fraction of sp³-hybridized carbons (Fsp3) is 0.200. The molecule has 0 amide bonds. The van der Waals surface area contributed by atoms with Crippen molar-refractivity contribution in [3.63, 3.8) is 0 Å². The van der Waals surface area contributed by atoms with Crippen LogP contribution in [0.15, 0.2) is 30.3 Å². The number of hydrogen-bond acceptors (Lipinski definition) is 4. The molecule has 0 fully saturated rings. The van der Waals surface area contributed by atoms with Crippen molar-refractivity contribution in [1.29, 1.82) is 0 Å². The van der Waals surface area contributed by atoms with Crippen LogP contribution in [0.1, 0.15) is 16.7 Å². The highest BCUT2D eigenvalue weighted by molar-refractivity contribution is 5.50. The Morgan fingerprint density at radius 1 is 0.737 bits per heavy atom. The number of phenolic OH excluding ortho intramolecular Hbond substituents is 4. The molecule has 0 aliphatic heterocycles. The number of hydrogen-bond donors (Lipinski definition) is 4. The summed E-state index contributed by atoms with van der Waals surface area (Å²) in [5, 5.41) is 36.0. The molecule has 0 saturated carbocycles. The predicted molar refractivity (Wildman–Crippen MR) is 73.8 cm³/mol. The first-order valence-corrected chi connectivity index (χ1v) is 5.79. The number of aryl methyl sites for hydroxylation is 1. The molecule has 19 heavy (non-hydrogen) atoms. The maximum absolute atomic E-state index is 9.40. The molecule has 0 spiro atoms. The summed E-state index contributed by atoms with van der Waals surface area (Å²) in [5.74, 6) is 0.702. The molecule has 102 valence electrons. The van der Waals surface area contributed by atoms with Crippen molar-refractivity contribution in [2.24, 2.45) is 0 Å². The van der Waals surface area contributed by atoms with Crippen LogP contribution < -0.4 is 0 Å². The SMILES string of the molecule is Cc1cc(O)c(C)c(C)c1O.Oc1cccc(O)c1. The van der Waals surface area contributed by atoms with Gasteiger partial charge in [0.05, 0.1) is 0 Å². The normalized spacial score (nSPS) is 9.63. The van der Waals surface area contributed by atoms with E-state index >= 15 is 0 Å². The van der Waals surface area contributed by atoms with E-state index in [-0.39, 0.29) is 23.0 Å². The predicted octanol–water partition coefficient (Wildman–Crippen LogP) is 3.12. The van der Waals surface area contributed by atoms with Crippen molar-refractivity contribution in [2.75, 3.05) is 0 Å². The van der Waals surface area contributed by atoms with Gasteiger partial charge in [-0.3, -0.25) is 0 Å². The summed E-state index contributed by atoms with van der Waals surface area (Å²) in [5.41, 5.74) is 2.21. The van der Waals surface area contributed by atoms with E-state index in [2.05, 4.69) is 0 Å². The zero-order valence-electron chi connectivity index (χ0n) is 11.2. The Balaban J connectivity index is 0.000000200. The van der Waals surface area contributed by atoms with Gasteiger partial charge in [0.25, 0.3) is 0 Å². The first-order chi connectivity index (χ1) is 8.82. The van der Waals surface area contributed by atoms with Crippen LogP contribution in [0.4, 0.5) is 0 Å². The summed E-state index contributed by atoms with van der Waals surface area (Å²) in [7, 11) is 0. The lowest BCUT2D eigenvalue weighted by Crippen LogP contribution is -1.85. The highest BCUT2D eigenvalue weighted by atomic mass is 16.3. The van der Waals surface area contributed by atoms with Crippen molar-refractivity contribution < 1.29 is 20.4 Å². The number of benzene rings is 2. The van der Waals surface area contributed by atoms with E-state index in [1.807, 2.05) is 0 Å². The minimum atomic E-state index is 0.0880. The Kier molecular flexibility index (Phi) is 4.64. The monoisotopic (exact) mass is 262 g/mol. The van der Waals surface area contributed by atoms with Gasteiger partial charge >= 0.3 is 0 Å². The Morgan fingerprint density at radius 3 is 1.68 bits per heavy atom. The lowest BCUT2D eigenvalue weighted by molar-refractivity contribution is 0.449. The molecule has 4 nitrogen and oxygen atoms in total. The summed E-state index contributed by atoms with van der Waals surface area (Å²) < 4.78 is 0. The Hall–Kier alpha value is -2.36. The van der Waals surface area contributed by atoms with Crippen LogP contribution in [0.25, 0.3) is 0 Å². The van der Waals surface area contributed by atoms with Gasteiger partial charge in [-0.05, 0) is 55.7 Å². The molecule has 2 rings (SSSR count). The lowest BCUT2D eigenvalue weighted by Gasteiger charge is -2.07. The van der Waals surface area contributed by atoms with Crippen LogP contribution in [-0.2, 0) is 0 Å². The Morgan fingerprint density at radius 2 is 1.26 bits per heavy atom. The third-order valence-corrected chi connectivity index (χ3v) is 2.86. The quantitative estimate of drug-likeness (QED) is 0.550. The smallest absolute Gasteiger partial charge is 0.121 e. The van der Waals surface area contributed by atoms with Crippen LogP contribution in [0.2, 0.25) is 0 Å². The van der Waals surface area contributed by atoms with E-state index in [9.17, 15) is 10.2 Å². The topological polar surface area (TPSA) is 80.9 Å². The fourth-order valence-corrected chi connectivity index (χ4v) is 1.54. The molecule has 0 heterocycles. The molecule has 0 saturated heterocycles. The second-order valence-corrected chi connectivity index (χ2v) is 4.33. The highest BCUT2D eigenvalue weighted by Gasteiger charge is 2.06. The van der Waals surface area contributed by atoms with Crippen molar-refractivity contribution in [2.45, 2.75) is 20.8 Å². The molecule has 0 aliphatic carbocycles.